The Morgan fingerprint density at radius 3 is 2.10 bits per heavy atom. The molecular formula is C45H44N8O6. The molecule has 0 bridgehead atoms. The van der Waals surface area contributed by atoms with Crippen molar-refractivity contribution in [3.8, 4) is 11.1 Å². The Morgan fingerprint density at radius 1 is 0.814 bits per heavy atom. The molecule has 0 spiro atoms. The highest BCUT2D eigenvalue weighted by molar-refractivity contribution is 6.07. The molecule has 1 saturated carbocycles. The third kappa shape index (κ3) is 6.73. The largest absolute Gasteiger partial charge is 0.453 e. The smallest absolute Gasteiger partial charge is 0.407 e. The molecule has 1 saturated heterocycles. The lowest BCUT2D eigenvalue weighted by Crippen LogP contribution is -2.52. The van der Waals surface area contributed by atoms with Gasteiger partial charge in [-0.3, -0.25) is 9.59 Å². The van der Waals surface area contributed by atoms with Crippen LogP contribution in [0.5, 0.6) is 0 Å². The Balaban J connectivity index is 0.970. The first kappa shape index (κ1) is 37.6. The molecular weight excluding hydrogens is 749 g/mol. The molecule has 1 aliphatic heterocycles. The van der Waals surface area contributed by atoms with E-state index in [1.54, 1.807) is 4.90 Å². The number of alkyl carbamates (subject to hydrolysis) is 2. The molecule has 5 atom stereocenters. The first-order valence-corrected chi connectivity index (χ1v) is 19.8. The second-order valence-corrected chi connectivity index (χ2v) is 15.4. The number of amides is 4. The summed E-state index contributed by atoms with van der Waals surface area (Å²) in [4.78, 5) is 71.4. The van der Waals surface area contributed by atoms with Crippen molar-refractivity contribution < 1.29 is 28.7 Å². The zero-order valence-corrected chi connectivity index (χ0v) is 33.1. The maximum atomic E-state index is 14.2. The number of carbonyl (C=O) groups is 4. The van der Waals surface area contributed by atoms with Gasteiger partial charge in [0, 0.05) is 29.3 Å². The third-order valence-corrected chi connectivity index (χ3v) is 11.9. The number of carbonyl (C=O) groups excluding carboxylic acids is 4. The molecule has 1 aliphatic carbocycles. The molecule has 4 N–H and O–H groups in total. The second-order valence-electron chi connectivity index (χ2n) is 15.4. The first-order chi connectivity index (χ1) is 28.7. The second kappa shape index (κ2) is 15.1. The number of fused-ring (bicyclic) bond motifs is 7. The Labute approximate surface area is 339 Å². The van der Waals surface area contributed by atoms with Gasteiger partial charge in [-0.25, -0.2) is 19.6 Å². The maximum Gasteiger partial charge on any atom is 0.407 e. The quantitative estimate of drug-likeness (QED) is 0.107. The number of hydrogen-bond donors (Lipinski definition) is 4. The van der Waals surface area contributed by atoms with E-state index in [2.05, 4.69) is 80.8 Å². The van der Waals surface area contributed by atoms with Crippen LogP contribution in [0.4, 0.5) is 9.59 Å². The molecule has 2 aromatic heterocycles. The molecule has 5 aromatic carbocycles. The topological polar surface area (TPSA) is 175 Å². The minimum atomic E-state index is -0.885. The normalized spacial score (nSPS) is 18.6. The molecule has 2 fully saturated rings. The van der Waals surface area contributed by atoms with Crippen LogP contribution in [0.1, 0.15) is 49.6 Å². The number of nitrogens with zero attached hydrogens (tertiary/aromatic N) is 4. The van der Waals surface area contributed by atoms with Gasteiger partial charge in [-0.1, -0.05) is 80.6 Å². The number of benzene rings is 5. The van der Waals surface area contributed by atoms with Crippen LogP contribution in [-0.2, 0) is 25.6 Å². The van der Waals surface area contributed by atoms with E-state index in [1.165, 1.54) is 14.2 Å². The number of H-pyrrole nitrogens is 2. The van der Waals surface area contributed by atoms with Crippen LogP contribution < -0.4 is 10.6 Å². The number of aromatic nitrogens is 4. The van der Waals surface area contributed by atoms with E-state index >= 15 is 0 Å². The summed E-state index contributed by atoms with van der Waals surface area (Å²) in [6.07, 6.45) is -0.558. The van der Waals surface area contributed by atoms with Crippen molar-refractivity contribution in [2.75, 3.05) is 27.3 Å². The molecule has 7 aromatic rings. The van der Waals surface area contributed by atoms with Gasteiger partial charge in [0.2, 0.25) is 5.91 Å². The summed E-state index contributed by atoms with van der Waals surface area (Å²) < 4.78 is 9.48. The molecule has 300 valence electrons. The van der Waals surface area contributed by atoms with Gasteiger partial charge in [-0.15, -0.1) is 0 Å². The van der Waals surface area contributed by atoms with Crippen LogP contribution in [0.25, 0.3) is 54.7 Å². The van der Waals surface area contributed by atoms with Crippen molar-refractivity contribution in [1.82, 2.24) is 40.4 Å². The monoisotopic (exact) mass is 792 g/mol. The van der Waals surface area contributed by atoms with E-state index in [0.717, 1.165) is 67.0 Å². The van der Waals surface area contributed by atoms with Crippen molar-refractivity contribution in [1.29, 1.82) is 0 Å². The summed E-state index contributed by atoms with van der Waals surface area (Å²) in [5, 5.41) is 9.37. The number of nitrogens with one attached hydrogen (secondary N) is 4. The molecule has 0 radical (unpaired) electrons. The highest BCUT2D eigenvalue weighted by Gasteiger charge is 2.69. The zero-order valence-electron chi connectivity index (χ0n) is 33.1. The summed E-state index contributed by atoms with van der Waals surface area (Å²) in [5.41, 5.74) is 6.25. The zero-order chi connectivity index (χ0) is 40.9. The number of aromatic amines is 2. The van der Waals surface area contributed by atoms with Crippen LogP contribution >= 0.6 is 0 Å². The lowest BCUT2D eigenvalue weighted by Gasteiger charge is -2.41. The van der Waals surface area contributed by atoms with E-state index in [0.29, 0.717) is 23.9 Å². The minimum absolute atomic E-state index is 0.0917. The third-order valence-electron chi connectivity index (χ3n) is 11.9. The van der Waals surface area contributed by atoms with E-state index in [4.69, 9.17) is 14.7 Å². The van der Waals surface area contributed by atoms with Crippen molar-refractivity contribution in [3.05, 3.63) is 108 Å². The molecule has 9 rings (SSSR count). The number of rotatable bonds is 11. The fraction of sp³-hybridized carbons (Fsp3) is 0.289. The van der Waals surface area contributed by atoms with Crippen molar-refractivity contribution >= 4 is 67.6 Å². The maximum absolute atomic E-state index is 14.2. The Hall–Kier alpha value is -6.96. The number of methoxy groups -OCH3 is 2. The average molecular weight is 793 g/mol. The fourth-order valence-corrected chi connectivity index (χ4v) is 8.85. The number of ether oxygens (including phenoxy) is 2. The van der Waals surface area contributed by atoms with Crippen LogP contribution in [0, 0.1) is 11.8 Å². The Bertz CT molecular complexity index is 2780. The van der Waals surface area contributed by atoms with Crippen LogP contribution in [0.2, 0.25) is 0 Å². The van der Waals surface area contributed by atoms with Gasteiger partial charge in [0.15, 0.2) is 0 Å². The fourth-order valence-electron chi connectivity index (χ4n) is 8.85. The van der Waals surface area contributed by atoms with Crippen LogP contribution in [0.3, 0.4) is 0 Å². The van der Waals surface area contributed by atoms with Gasteiger partial charge in [-0.05, 0) is 64.1 Å². The average Bonchev–Trinajstić information content (AvgIpc) is 3.54. The molecule has 3 unspecified atom stereocenters. The lowest BCUT2D eigenvalue weighted by molar-refractivity contribution is -0.142. The predicted molar refractivity (Wildman–Crippen MR) is 223 cm³/mol. The van der Waals surface area contributed by atoms with Gasteiger partial charge >= 0.3 is 12.2 Å². The van der Waals surface area contributed by atoms with Gasteiger partial charge < -0.3 is 39.9 Å². The van der Waals surface area contributed by atoms with Crippen molar-refractivity contribution in [2.24, 2.45) is 11.8 Å². The van der Waals surface area contributed by atoms with Crippen molar-refractivity contribution in [3.63, 3.8) is 0 Å². The SMILES string of the molecule is CCCN(Cc1nc2ccc3cc(-c4ccc5c(ccc6nc(C7C8C([C@@H]8C)N7C(=O)[C@H](NC(=O)OC)c7ccccc7)[nH]c65)c4)ccc3c2[nH]1)C(=O)CNC(=O)OC. The van der Waals surface area contributed by atoms with E-state index in [1.807, 2.05) is 54.3 Å². The number of likely N-dealkylation sites (tertiary alicyclic amines) is 1. The van der Waals surface area contributed by atoms with Gasteiger partial charge in [-0.2, -0.15) is 0 Å². The number of imidazole rings is 2. The first-order valence-electron chi connectivity index (χ1n) is 19.8. The summed E-state index contributed by atoms with van der Waals surface area (Å²) in [6.45, 7) is 4.80. The number of hydrogen-bond acceptors (Lipinski definition) is 8. The van der Waals surface area contributed by atoms with E-state index in [-0.39, 0.29) is 42.9 Å². The van der Waals surface area contributed by atoms with Gasteiger partial charge in [0.05, 0.1) is 48.9 Å². The highest BCUT2D eigenvalue weighted by atomic mass is 16.5. The molecule has 2 aliphatic rings. The summed E-state index contributed by atoms with van der Waals surface area (Å²) in [5.74, 6) is 1.60. The van der Waals surface area contributed by atoms with E-state index < -0.39 is 18.2 Å². The standard InChI is InChI=1S/C45H44N8O6/c1-5-19-52(35(54)22-46-44(56)58-3)23-34-47-32-17-13-28-20-26(11-15-30(28)38(32)49-34)27-12-16-31-29(21-27)14-18-33-39(31)50-42(48-33)41-36-24(2)40(36)53(41)43(55)37(51-45(57)59-4)25-9-7-6-8-10-25/h6-18,20-21,24,36-37,40-41H,5,19,22-23H2,1-4H3,(H,46,56)(H,47,49)(H,48,50)(H,51,57)/t24-,36?,37-,40?,41?/m1/s1. The van der Waals surface area contributed by atoms with Crippen LogP contribution in [-0.4, -0.2) is 87.1 Å². The molecule has 3 heterocycles. The Kier molecular flexibility index (Phi) is 9.62. The highest BCUT2D eigenvalue weighted by Crippen LogP contribution is 2.64. The van der Waals surface area contributed by atoms with Crippen LogP contribution in [0.15, 0.2) is 91.0 Å². The van der Waals surface area contributed by atoms with E-state index in [9.17, 15) is 19.2 Å². The van der Waals surface area contributed by atoms with Gasteiger partial charge in [0.25, 0.3) is 5.91 Å². The lowest BCUT2D eigenvalue weighted by atomic mass is 9.97. The molecule has 4 amide bonds. The minimum Gasteiger partial charge on any atom is -0.453 e. The predicted octanol–water partition coefficient (Wildman–Crippen LogP) is 7.12. The Morgan fingerprint density at radius 2 is 1.46 bits per heavy atom. The molecule has 14 nitrogen and oxygen atoms in total. The summed E-state index contributed by atoms with van der Waals surface area (Å²) in [6, 6.07) is 29.1. The summed E-state index contributed by atoms with van der Waals surface area (Å²) >= 11 is 0. The molecule has 14 heteroatoms. The van der Waals surface area contributed by atoms with Gasteiger partial charge in [0.1, 0.15) is 24.2 Å². The summed E-state index contributed by atoms with van der Waals surface area (Å²) in [7, 11) is 2.55. The van der Waals surface area contributed by atoms with Crippen molar-refractivity contribution in [2.45, 2.75) is 44.9 Å². The molecule has 59 heavy (non-hydrogen) atoms.